The van der Waals surface area contributed by atoms with Crippen LogP contribution in [0, 0.1) is 17.0 Å². The Morgan fingerprint density at radius 3 is 2.63 bits per heavy atom. The molecule has 1 heterocycles. The fourth-order valence-corrected chi connectivity index (χ4v) is 2.14. The first-order valence-corrected chi connectivity index (χ1v) is 6.30. The molecule has 0 aliphatic rings. The molecule has 0 amide bonds. The zero-order valence-electron chi connectivity index (χ0n) is 10.4. The molecule has 0 radical (unpaired) electrons. The van der Waals surface area contributed by atoms with Crippen molar-refractivity contribution in [2.45, 2.75) is 18.7 Å². The third-order valence-electron chi connectivity index (χ3n) is 2.92. The van der Waals surface area contributed by atoms with Crippen LogP contribution in [0.25, 0.3) is 0 Å². The highest BCUT2D eigenvalue weighted by atomic mass is 35.5. The molecular weight excluding hydrogens is 264 g/mol. The number of rotatable bonds is 4. The minimum absolute atomic E-state index is 0.00656. The third-order valence-corrected chi connectivity index (χ3v) is 3.32. The summed E-state index contributed by atoms with van der Waals surface area (Å²) in [5.41, 5.74) is 2.60. The van der Waals surface area contributed by atoms with Crippen LogP contribution in [-0.2, 0) is 6.42 Å². The summed E-state index contributed by atoms with van der Waals surface area (Å²) in [6, 6.07) is 11.2. The fourth-order valence-electron chi connectivity index (χ4n) is 1.85. The Morgan fingerprint density at radius 2 is 2.05 bits per heavy atom. The predicted octanol–water partition coefficient (Wildman–Crippen LogP) is 3.82. The fraction of sp³-hybridized carbons (Fsp3) is 0.214. The van der Waals surface area contributed by atoms with Crippen LogP contribution in [-0.4, -0.2) is 9.91 Å². The smallest absolute Gasteiger partial charge is 0.258 e. The van der Waals surface area contributed by atoms with E-state index in [4.69, 9.17) is 11.6 Å². The molecule has 5 heteroatoms. The minimum Gasteiger partial charge on any atom is -0.258 e. The van der Waals surface area contributed by atoms with E-state index in [0.29, 0.717) is 6.42 Å². The maximum absolute atomic E-state index is 10.6. The highest BCUT2D eigenvalue weighted by Crippen LogP contribution is 2.26. The quantitative estimate of drug-likeness (QED) is 0.484. The van der Waals surface area contributed by atoms with E-state index in [1.807, 2.05) is 37.3 Å². The predicted molar refractivity (Wildman–Crippen MR) is 74.4 cm³/mol. The van der Waals surface area contributed by atoms with E-state index in [2.05, 4.69) is 4.98 Å². The number of hydrogen-bond acceptors (Lipinski definition) is 3. The van der Waals surface area contributed by atoms with E-state index in [9.17, 15) is 10.1 Å². The molecule has 0 saturated carbocycles. The van der Waals surface area contributed by atoms with Gasteiger partial charge in [0.15, 0.2) is 0 Å². The van der Waals surface area contributed by atoms with Crippen LogP contribution in [0.4, 0.5) is 5.69 Å². The van der Waals surface area contributed by atoms with Crippen molar-refractivity contribution < 1.29 is 4.92 Å². The number of aryl methyl sites for hydroxylation is 1. The van der Waals surface area contributed by atoms with Crippen molar-refractivity contribution in [1.29, 1.82) is 0 Å². The normalized spacial score (nSPS) is 12.1. The van der Waals surface area contributed by atoms with Gasteiger partial charge in [-0.25, -0.2) is 0 Å². The van der Waals surface area contributed by atoms with Crippen LogP contribution in [0.5, 0.6) is 0 Å². The Labute approximate surface area is 116 Å². The number of nitrogens with zero attached hydrogens (tertiary/aromatic N) is 2. The topological polar surface area (TPSA) is 56.0 Å². The van der Waals surface area contributed by atoms with E-state index in [1.165, 1.54) is 12.3 Å². The number of halogens is 1. The highest BCUT2D eigenvalue weighted by molar-refractivity contribution is 6.20. The lowest BCUT2D eigenvalue weighted by Crippen LogP contribution is -2.02. The van der Waals surface area contributed by atoms with E-state index in [1.54, 1.807) is 0 Å². The molecule has 4 nitrogen and oxygen atoms in total. The second-order valence-electron chi connectivity index (χ2n) is 4.30. The molecule has 0 aliphatic heterocycles. The van der Waals surface area contributed by atoms with Crippen molar-refractivity contribution >= 4 is 17.3 Å². The summed E-state index contributed by atoms with van der Waals surface area (Å²) >= 11 is 6.34. The Hall–Kier alpha value is -1.94. The minimum atomic E-state index is -0.445. The zero-order chi connectivity index (χ0) is 13.8. The summed E-state index contributed by atoms with van der Waals surface area (Å²) in [5, 5.41) is 10.5. The van der Waals surface area contributed by atoms with Gasteiger partial charge in [0.1, 0.15) is 6.20 Å². The molecule has 19 heavy (non-hydrogen) atoms. The van der Waals surface area contributed by atoms with Crippen molar-refractivity contribution in [3.05, 3.63) is 69.5 Å². The average Bonchev–Trinajstić information content (AvgIpc) is 2.41. The number of pyridine rings is 1. The summed E-state index contributed by atoms with van der Waals surface area (Å²) in [6.45, 7) is 1.81. The lowest BCUT2D eigenvalue weighted by Gasteiger charge is -2.10. The Balaban J connectivity index is 2.18. The van der Waals surface area contributed by atoms with Crippen molar-refractivity contribution in [2.75, 3.05) is 0 Å². The first-order valence-electron chi connectivity index (χ1n) is 5.87. The van der Waals surface area contributed by atoms with Gasteiger partial charge in [-0.15, -0.1) is 11.6 Å². The third kappa shape index (κ3) is 3.29. The number of alkyl halides is 1. The molecule has 0 N–H and O–H groups in total. The van der Waals surface area contributed by atoms with E-state index in [-0.39, 0.29) is 11.1 Å². The highest BCUT2D eigenvalue weighted by Gasteiger charge is 2.14. The molecule has 0 spiro atoms. The van der Waals surface area contributed by atoms with Crippen molar-refractivity contribution in [3.63, 3.8) is 0 Å². The zero-order valence-corrected chi connectivity index (χ0v) is 11.2. The standard InChI is InChI=1S/C14H13ClN2O2/c1-10-7-12(17(18)19)9-16-14(10)8-13(15)11-5-3-2-4-6-11/h2-7,9,13H,8H2,1H3. The van der Waals surface area contributed by atoms with Gasteiger partial charge in [0.25, 0.3) is 5.69 Å². The molecule has 0 aliphatic carbocycles. The van der Waals surface area contributed by atoms with Gasteiger partial charge in [-0.05, 0) is 18.1 Å². The van der Waals surface area contributed by atoms with Crippen LogP contribution in [0.15, 0.2) is 42.6 Å². The Bertz CT molecular complexity index is 587. The van der Waals surface area contributed by atoms with Gasteiger partial charge in [0.05, 0.1) is 10.3 Å². The lowest BCUT2D eigenvalue weighted by atomic mass is 10.0. The van der Waals surface area contributed by atoms with Gasteiger partial charge >= 0.3 is 0 Å². The maximum atomic E-state index is 10.6. The van der Waals surface area contributed by atoms with E-state index >= 15 is 0 Å². The first-order chi connectivity index (χ1) is 9.08. The van der Waals surface area contributed by atoms with Gasteiger partial charge in [0, 0.05) is 18.2 Å². The van der Waals surface area contributed by atoms with Crippen LogP contribution >= 0.6 is 11.6 Å². The molecule has 1 aromatic heterocycles. The molecule has 0 bridgehead atoms. The molecule has 98 valence electrons. The first kappa shape index (κ1) is 13.5. The Kier molecular flexibility index (Phi) is 4.12. The molecule has 1 aromatic carbocycles. The van der Waals surface area contributed by atoms with Gasteiger partial charge in [-0.2, -0.15) is 0 Å². The SMILES string of the molecule is Cc1cc([N+](=O)[O-])cnc1CC(Cl)c1ccccc1. The molecular formula is C14H13ClN2O2. The summed E-state index contributed by atoms with van der Waals surface area (Å²) in [6.07, 6.45) is 1.83. The molecule has 2 aromatic rings. The van der Waals surface area contributed by atoms with E-state index in [0.717, 1.165) is 16.8 Å². The van der Waals surface area contributed by atoms with Crippen LogP contribution in [0.2, 0.25) is 0 Å². The number of hydrogen-bond donors (Lipinski definition) is 0. The molecule has 0 fully saturated rings. The largest absolute Gasteiger partial charge is 0.287 e. The van der Waals surface area contributed by atoms with Gasteiger partial charge in [-0.3, -0.25) is 15.1 Å². The Morgan fingerprint density at radius 1 is 1.37 bits per heavy atom. The maximum Gasteiger partial charge on any atom is 0.287 e. The molecule has 1 atom stereocenters. The average molecular weight is 277 g/mol. The van der Waals surface area contributed by atoms with Gasteiger partial charge < -0.3 is 0 Å². The molecule has 1 unspecified atom stereocenters. The molecule has 0 saturated heterocycles. The van der Waals surface area contributed by atoms with Crippen molar-refractivity contribution in [2.24, 2.45) is 0 Å². The molecule has 2 rings (SSSR count). The van der Waals surface area contributed by atoms with Gasteiger partial charge in [0.2, 0.25) is 0 Å². The van der Waals surface area contributed by atoms with Crippen molar-refractivity contribution in [3.8, 4) is 0 Å². The monoisotopic (exact) mass is 276 g/mol. The summed E-state index contributed by atoms with van der Waals surface area (Å²) in [5.74, 6) is 0. The summed E-state index contributed by atoms with van der Waals surface area (Å²) < 4.78 is 0. The second kappa shape index (κ2) is 5.80. The van der Waals surface area contributed by atoms with Crippen LogP contribution < -0.4 is 0 Å². The number of benzene rings is 1. The van der Waals surface area contributed by atoms with Gasteiger partial charge in [-0.1, -0.05) is 30.3 Å². The lowest BCUT2D eigenvalue weighted by molar-refractivity contribution is -0.385. The second-order valence-corrected chi connectivity index (χ2v) is 4.82. The van der Waals surface area contributed by atoms with Crippen LogP contribution in [0.3, 0.4) is 0 Å². The summed E-state index contributed by atoms with van der Waals surface area (Å²) in [4.78, 5) is 14.3. The summed E-state index contributed by atoms with van der Waals surface area (Å²) in [7, 11) is 0. The number of aromatic nitrogens is 1. The van der Waals surface area contributed by atoms with Crippen LogP contribution in [0.1, 0.15) is 22.2 Å². The number of nitro groups is 1. The van der Waals surface area contributed by atoms with E-state index < -0.39 is 4.92 Å². The van der Waals surface area contributed by atoms with Crippen molar-refractivity contribution in [1.82, 2.24) is 4.98 Å².